The van der Waals surface area contributed by atoms with E-state index in [1.807, 2.05) is 4.57 Å². The lowest BCUT2D eigenvalue weighted by atomic mass is 10.0. The van der Waals surface area contributed by atoms with E-state index in [0.29, 0.717) is 11.1 Å². The molecule has 0 aromatic carbocycles. The van der Waals surface area contributed by atoms with Crippen LogP contribution in [0.4, 0.5) is 5.95 Å². The first-order valence-electron chi connectivity index (χ1n) is 5.74. The Morgan fingerprint density at radius 1 is 1.39 bits per heavy atom. The maximum absolute atomic E-state index is 10.6. The van der Waals surface area contributed by atoms with Crippen molar-refractivity contribution in [3.63, 3.8) is 0 Å². The Morgan fingerprint density at radius 2 is 1.94 bits per heavy atom. The van der Waals surface area contributed by atoms with Crippen LogP contribution in [-0.4, -0.2) is 31.6 Å². The van der Waals surface area contributed by atoms with Gasteiger partial charge in [-0.2, -0.15) is 0 Å². The molecule has 100 valence electrons. The van der Waals surface area contributed by atoms with E-state index in [1.54, 1.807) is 0 Å². The molecule has 1 heterocycles. The van der Waals surface area contributed by atoms with Crippen molar-refractivity contribution in [1.82, 2.24) is 14.8 Å². The summed E-state index contributed by atoms with van der Waals surface area (Å²) in [6, 6.07) is 0.205. The van der Waals surface area contributed by atoms with Crippen molar-refractivity contribution in [2.75, 3.05) is 11.5 Å². The molecule has 1 fully saturated rings. The Hall–Kier alpha value is -1.24. The van der Waals surface area contributed by atoms with Gasteiger partial charge in [0.05, 0.1) is 11.8 Å². The molecule has 0 saturated heterocycles. The number of rotatable bonds is 4. The van der Waals surface area contributed by atoms with Gasteiger partial charge in [-0.05, 0) is 10.8 Å². The van der Waals surface area contributed by atoms with Crippen LogP contribution in [0.3, 0.4) is 0 Å². The number of anilines is 1. The zero-order valence-corrected chi connectivity index (χ0v) is 11.8. The number of aliphatic carboxylic acids is 1. The molecular formula is C11H18N4O2S. The molecule has 0 amide bonds. The summed E-state index contributed by atoms with van der Waals surface area (Å²) in [5.41, 5.74) is 6.06. The van der Waals surface area contributed by atoms with E-state index in [9.17, 15) is 4.79 Å². The first-order valence-corrected chi connectivity index (χ1v) is 6.73. The van der Waals surface area contributed by atoms with E-state index in [-0.39, 0.29) is 22.6 Å². The van der Waals surface area contributed by atoms with E-state index in [1.165, 1.54) is 0 Å². The molecule has 1 saturated carbocycles. The molecule has 2 rings (SSSR count). The third-order valence-corrected chi connectivity index (χ3v) is 5.15. The SMILES string of the molecule is CC1(C)C(n2c(N)nnc2SCC(=O)O)C1(C)C. The summed E-state index contributed by atoms with van der Waals surface area (Å²) in [6.45, 7) is 8.68. The zero-order valence-electron chi connectivity index (χ0n) is 11.0. The highest BCUT2D eigenvalue weighted by atomic mass is 32.2. The number of hydrogen-bond donors (Lipinski definition) is 2. The standard InChI is InChI=1S/C11H18N4O2S/c1-10(2)7(11(10,3)4)15-8(12)13-14-9(15)18-5-6(16)17/h7H,5H2,1-4H3,(H2,12,13)(H,16,17). The largest absolute Gasteiger partial charge is 0.481 e. The van der Waals surface area contributed by atoms with Crippen molar-refractivity contribution in [1.29, 1.82) is 0 Å². The first kappa shape index (κ1) is 13.2. The minimum absolute atomic E-state index is 0.0360. The molecule has 6 nitrogen and oxygen atoms in total. The number of carboxylic acids is 1. The topological polar surface area (TPSA) is 94.0 Å². The second-order valence-electron chi connectivity index (χ2n) is 5.74. The Morgan fingerprint density at radius 3 is 2.39 bits per heavy atom. The summed E-state index contributed by atoms with van der Waals surface area (Å²) < 4.78 is 1.87. The normalized spacial score (nSPS) is 20.9. The number of aromatic nitrogens is 3. The Balaban J connectivity index is 2.29. The van der Waals surface area contributed by atoms with Crippen LogP contribution in [0.1, 0.15) is 33.7 Å². The van der Waals surface area contributed by atoms with Crippen LogP contribution in [0.2, 0.25) is 0 Å². The minimum atomic E-state index is -0.873. The maximum Gasteiger partial charge on any atom is 0.313 e. The zero-order chi connectivity index (χ0) is 13.7. The van der Waals surface area contributed by atoms with Gasteiger partial charge >= 0.3 is 5.97 Å². The summed E-state index contributed by atoms with van der Waals surface area (Å²) in [5.74, 6) is -0.555. The van der Waals surface area contributed by atoms with Gasteiger partial charge < -0.3 is 10.8 Å². The van der Waals surface area contributed by atoms with Gasteiger partial charge in [-0.3, -0.25) is 9.36 Å². The molecule has 1 aliphatic carbocycles. The van der Waals surface area contributed by atoms with Crippen molar-refractivity contribution < 1.29 is 9.90 Å². The van der Waals surface area contributed by atoms with Crippen molar-refractivity contribution in [3.05, 3.63) is 0 Å². The van der Waals surface area contributed by atoms with Crippen molar-refractivity contribution in [2.24, 2.45) is 10.8 Å². The summed E-state index contributed by atoms with van der Waals surface area (Å²) in [7, 11) is 0. The number of nitrogen functional groups attached to an aromatic ring is 1. The summed E-state index contributed by atoms with van der Waals surface area (Å²) >= 11 is 1.16. The lowest BCUT2D eigenvalue weighted by Crippen LogP contribution is -2.08. The van der Waals surface area contributed by atoms with Gasteiger partial charge in [-0.1, -0.05) is 39.5 Å². The smallest absolute Gasteiger partial charge is 0.313 e. The van der Waals surface area contributed by atoms with Crippen LogP contribution in [0.5, 0.6) is 0 Å². The number of carboxylic acid groups (broad SMARTS) is 1. The van der Waals surface area contributed by atoms with E-state index < -0.39 is 5.97 Å². The van der Waals surface area contributed by atoms with Crippen molar-refractivity contribution in [3.8, 4) is 0 Å². The van der Waals surface area contributed by atoms with Crippen LogP contribution < -0.4 is 5.73 Å². The number of carbonyl (C=O) groups is 1. The highest BCUT2D eigenvalue weighted by molar-refractivity contribution is 7.99. The molecule has 1 aromatic rings. The lowest BCUT2D eigenvalue weighted by molar-refractivity contribution is -0.133. The van der Waals surface area contributed by atoms with Gasteiger partial charge in [-0.25, -0.2) is 0 Å². The predicted molar refractivity (Wildman–Crippen MR) is 69.4 cm³/mol. The number of nitrogens with zero attached hydrogens (tertiary/aromatic N) is 3. The number of hydrogen-bond acceptors (Lipinski definition) is 5. The molecule has 0 unspecified atom stereocenters. The van der Waals surface area contributed by atoms with E-state index in [4.69, 9.17) is 10.8 Å². The molecule has 18 heavy (non-hydrogen) atoms. The first-order chi connectivity index (χ1) is 8.19. The highest BCUT2D eigenvalue weighted by Crippen LogP contribution is 2.72. The monoisotopic (exact) mass is 270 g/mol. The summed E-state index contributed by atoms with van der Waals surface area (Å²) in [5, 5.41) is 17.1. The van der Waals surface area contributed by atoms with Gasteiger partial charge in [0, 0.05) is 0 Å². The highest BCUT2D eigenvalue weighted by Gasteiger charge is 2.67. The molecule has 7 heteroatoms. The Kier molecular flexibility index (Phi) is 2.84. The van der Waals surface area contributed by atoms with Gasteiger partial charge in [0.25, 0.3) is 0 Å². The van der Waals surface area contributed by atoms with Crippen LogP contribution in [0, 0.1) is 10.8 Å². The molecular weight excluding hydrogens is 252 g/mol. The fourth-order valence-corrected chi connectivity index (χ4v) is 3.25. The third-order valence-electron chi connectivity index (χ3n) is 4.22. The average Bonchev–Trinajstić information content (AvgIpc) is 2.55. The minimum Gasteiger partial charge on any atom is -0.481 e. The molecule has 0 atom stereocenters. The van der Waals surface area contributed by atoms with E-state index in [2.05, 4.69) is 37.9 Å². The Labute approximate surface area is 110 Å². The molecule has 1 aromatic heterocycles. The predicted octanol–water partition coefficient (Wildman–Crippen LogP) is 1.64. The van der Waals surface area contributed by atoms with E-state index >= 15 is 0 Å². The molecule has 0 bridgehead atoms. The lowest BCUT2D eigenvalue weighted by Gasteiger charge is -2.09. The van der Waals surface area contributed by atoms with Crippen LogP contribution in [0.25, 0.3) is 0 Å². The van der Waals surface area contributed by atoms with Gasteiger partial charge in [0.1, 0.15) is 0 Å². The molecule has 0 spiro atoms. The second-order valence-corrected chi connectivity index (χ2v) is 6.68. The maximum atomic E-state index is 10.6. The summed E-state index contributed by atoms with van der Waals surface area (Å²) in [4.78, 5) is 10.6. The van der Waals surface area contributed by atoms with Gasteiger partial charge in [0.15, 0.2) is 5.16 Å². The van der Waals surface area contributed by atoms with Crippen molar-refractivity contribution in [2.45, 2.75) is 38.9 Å². The second kappa shape index (κ2) is 3.88. The van der Waals surface area contributed by atoms with E-state index in [0.717, 1.165) is 11.8 Å². The van der Waals surface area contributed by atoms with Crippen LogP contribution >= 0.6 is 11.8 Å². The molecule has 0 aliphatic heterocycles. The fourth-order valence-electron chi connectivity index (χ4n) is 2.56. The Bertz CT molecular complexity index is 481. The van der Waals surface area contributed by atoms with Gasteiger partial charge in [-0.15, -0.1) is 10.2 Å². The van der Waals surface area contributed by atoms with Gasteiger partial charge in [0.2, 0.25) is 5.95 Å². The number of thioether (sulfide) groups is 1. The third kappa shape index (κ3) is 1.77. The number of nitrogens with two attached hydrogens (primary N) is 1. The molecule has 0 radical (unpaired) electrons. The molecule has 3 N–H and O–H groups in total. The fraction of sp³-hybridized carbons (Fsp3) is 0.727. The average molecular weight is 270 g/mol. The van der Waals surface area contributed by atoms with Crippen LogP contribution in [0.15, 0.2) is 5.16 Å². The summed E-state index contributed by atoms with van der Waals surface area (Å²) in [6.07, 6.45) is 0. The quantitative estimate of drug-likeness (QED) is 0.808. The molecule has 1 aliphatic rings. The van der Waals surface area contributed by atoms with Crippen molar-refractivity contribution >= 4 is 23.7 Å². The van der Waals surface area contributed by atoms with Crippen LogP contribution in [-0.2, 0) is 4.79 Å².